The summed E-state index contributed by atoms with van der Waals surface area (Å²) in [5, 5.41) is 2.02. The summed E-state index contributed by atoms with van der Waals surface area (Å²) in [6.07, 6.45) is 1.63. The maximum absolute atomic E-state index is 13.8. The van der Waals surface area contributed by atoms with Crippen LogP contribution < -0.4 is 14.2 Å². The van der Waals surface area contributed by atoms with Crippen molar-refractivity contribution in [2.75, 3.05) is 33.0 Å². The van der Waals surface area contributed by atoms with Gasteiger partial charge in [-0.3, -0.25) is 9.59 Å². The monoisotopic (exact) mass is 538 g/mol. The van der Waals surface area contributed by atoms with Crippen molar-refractivity contribution in [2.45, 2.75) is 32.7 Å². The molecule has 1 aromatic heterocycles. The second-order valence-corrected chi connectivity index (χ2v) is 10.7. The van der Waals surface area contributed by atoms with Crippen LogP contribution in [0.1, 0.15) is 47.1 Å². The minimum absolute atomic E-state index is 0.0481. The van der Waals surface area contributed by atoms with Gasteiger partial charge in [0.05, 0.1) is 6.04 Å². The van der Waals surface area contributed by atoms with Gasteiger partial charge in [-0.15, -0.1) is 11.3 Å². The number of hydrogen-bond donors (Lipinski definition) is 0. The van der Waals surface area contributed by atoms with Gasteiger partial charge in [0.2, 0.25) is 12.7 Å². The van der Waals surface area contributed by atoms with Crippen molar-refractivity contribution < 1.29 is 28.2 Å². The minimum atomic E-state index is -0.377. The molecule has 0 saturated heterocycles. The zero-order chi connectivity index (χ0) is 26.6. The van der Waals surface area contributed by atoms with Crippen LogP contribution in [-0.4, -0.2) is 54.6 Å². The summed E-state index contributed by atoms with van der Waals surface area (Å²) in [4.78, 5) is 32.0. The molecule has 9 heteroatoms. The number of halogens is 1. The van der Waals surface area contributed by atoms with Crippen LogP contribution in [-0.2, 0) is 11.2 Å². The lowest BCUT2D eigenvalue weighted by Gasteiger charge is -2.37. The molecule has 2 atom stereocenters. The number of amides is 2. The Morgan fingerprint density at radius 3 is 2.84 bits per heavy atom. The van der Waals surface area contributed by atoms with Gasteiger partial charge < -0.3 is 24.0 Å². The molecule has 0 N–H and O–H groups in total. The molecular weight excluding hydrogens is 507 g/mol. The van der Waals surface area contributed by atoms with Crippen molar-refractivity contribution in [1.29, 1.82) is 0 Å². The first kappa shape index (κ1) is 26.0. The SMILES string of the molecule is CC[C@H](C)CN(CC(=O)N1CCc2sccc2[C@H]1COc1cccc(F)c1)C(=O)c1ccc2c(c1)OCO2. The van der Waals surface area contributed by atoms with Crippen LogP contribution in [0, 0.1) is 11.7 Å². The number of ether oxygens (including phenoxy) is 3. The lowest BCUT2D eigenvalue weighted by molar-refractivity contribution is -0.135. The molecule has 7 nitrogen and oxygen atoms in total. The molecule has 0 bridgehead atoms. The highest BCUT2D eigenvalue weighted by molar-refractivity contribution is 7.10. The molecule has 2 aliphatic heterocycles. The smallest absolute Gasteiger partial charge is 0.254 e. The maximum Gasteiger partial charge on any atom is 0.254 e. The third kappa shape index (κ3) is 5.62. The molecule has 0 radical (unpaired) electrons. The van der Waals surface area contributed by atoms with E-state index in [-0.39, 0.29) is 49.5 Å². The zero-order valence-corrected chi connectivity index (χ0v) is 22.3. The Bertz CT molecular complexity index is 1310. The van der Waals surface area contributed by atoms with Crippen molar-refractivity contribution in [2.24, 2.45) is 5.92 Å². The average Bonchev–Trinajstić information content (AvgIpc) is 3.60. The minimum Gasteiger partial charge on any atom is -0.491 e. The van der Waals surface area contributed by atoms with E-state index in [2.05, 4.69) is 13.8 Å². The number of hydrogen-bond acceptors (Lipinski definition) is 6. The maximum atomic E-state index is 13.8. The number of benzene rings is 2. The second kappa shape index (κ2) is 11.4. The molecule has 2 amide bonds. The largest absolute Gasteiger partial charge is 0.491 e. The molecule has 3 aromatic rings. The van der Waals surface area contributed by atoms with Crippen LogP contribution >= 0.6 is 11.3 Å². The van der Waals surface area contributed by atoms with E-state index in [1.165, 1.54) is 17.0 Å². The summed E-state index contributed by atoms with van der Waals surface area (Å²) in [5.41, 5.74) is 1.50. The Hall–Kier alpha value is -3.59. The first-order chi connectivity index (χ1) is 18.4. The van der Waals surface area contributed by atoms with Crippen LogP contribution in [0.4, 0.5) is 4.39 Å². The van der Waals surface area contributed by atoms with E-state index in [4.69, 9.17) is 14.2 Å². The van der Waals surface area contributed by atoms with Gasteiger partial charge in [0.25, 0.3) is 5.91 Å². The van der Waals surface area contributed by atoms with Crippen molar-refractivity contribution in [1.82, 2.24) is 9.80 Å². The standard InChI is InChI=1S/C29H31FN2O5S/c1-3-19(2)15-31(29(34)20-7-8-25-26(13-20)37-18-36-25)16-28(33)32-11-9-27-23(10-12-38-27)24(32)17-35-22-6-4-5-21(30)14-22/h4-8,10,12-14,19,24H,3,9,11,15-18H2,1-2H3/t19-,24+/m0/s1. The molecule has 0 spiro atoms. The normalized spacial score (nSPS) is 16.6. The fourth-order valence-electron chi connectivity index (χ4n) is 4.80. The van der Waals surface area contributed by atoms with Crippen LogP contribution in [0.5, 0.6) is 17.2 Å². The second-order valence-electron chi connectivity index (χ2n) is 9.69. The van der Waals surface area contributed by atoms with E-state index in [9.17, 15) is 14.0 Å². The van der Waals surface area contributed by atoms with E-state index in [0.717, 1.165) is 18.4 Å². The molecule has 5 rings (SSSR count). The van der Waals surface area contributed by atoms with E-state index in [1.54, 1.807) is 51.5 Å². The summed E-state index contributed by atoms with van der Waals surface area (Å²) in [5.74, 6) is 1.02. The van der Waals surface area contributed by atoms with Gasteiger partial charge in [0, 0.05) is 29.6 Å². The summed E-state index contributed by atoms with van der Waals surface area (Å²) in [6.45, 7) is 5.39. The Morgan fingerprint density at radius 1 is 1.18 bits per heavy atom. The number of thiophene rings is 1. The molecular formula is C29H31FN2O5S. The van der Waals surface area contributed by atoms with E-state index >= 15 is 0 Å². The highest BCUT2D eigenvalue weighted by Crippen LogP contribution is 2.35. The molecule has 2 aliphatic rings. The lowest BCUT2D eigenvalue weighted by atomic mass is 10.00. The Labute approximate surface area is 225 Å². The number of fused-ring (bicyclic) bond motifs is 2. The third-order valence-corrected chi connectivity index (χ3v) is 8.08. The quantitative estimate of drug-likeness (QED) is 0.370. The van der Waals surface area contributed by atoms with Crippen molar-refractivity contribution in [3.8, 4) is 17.2 Å². The molecule has 0 fully saturated rings. The van der Waals surface area contributed by atoms with Crippen molar-refractivity contribution in [3.05, 3.63) is 75.7 Å². The van der Waals surface area contributed by atoms with Crippen LogP contribution in [0.15, 0.2) is 53.9 Å². The predicted molar refractivity (Wildman–Crippen MR) is 142 cm³/mol. The Balaban J connectivity index is 1.36. The van der Waals surface area contributed by atoms with E-state index < -0.39 is 0 Å². The summed E-state index contributed by atoms with van der Waals surface area (Å²) in [7, 11) is 0. The topological polar surface area (TPSA) is 68.3 Å². The first-order valence-electron chi connectivity index (χ1n) is 12.9. The van der Waals surface area contributed by atoms with Gasteiger partial charge in [-0.1, -0.05) is 26.3 Å². The molecule has 38 heavy (non-hydrogen) atoms. The fourth-order valence-corrected chi connectivity index (χ4v) is 5.73. The van der Waals surface area contributed by atoms with Crippen LogP contribution in [0.3, 0.4) is 0 Å². The van der Waals surface area contributed by atoms with Crippen molar-refractivity contribution in [3.63, 3.8) is 0 Å². The number of rotatable bonds is 9. The predicted octanol–water partition coefficient (Wildman–Crippen LogP) is 5.31. The average molecular weight is 539 g/mol. The number of carbonyl (C=O) groups excluding carboxylic acids is 2. The molecule has 3 heterocycles. The summed E-state index contributed by atoms with van der Waals surface area (Å²) >= 11 is 1.66. The highest BCUT2D eigenvalue weighted by atomic mass is 32.1. The first-order valence-corrected chi connectivity index (χ1v) is 13.7. The van der Waals surface area contributed by atoms with Crippen LogP contribution in [0.2, 0.25) is 0 Å². The molecule has 200 valence electrons. The summed E-state index contributed by atoms with van der Waals surface area (Å²) in [6, 6.07) is 12.8. The third-order valence-electron chi connectivity index (χ3n) is 7.08. The van der Waals surface area contributed by atoms with Gasteiger partial charge in [-0.2, -0.15) is 0 Å². The molecule has 0 saturated carbocycles. The fraction of sp³-hybridized carbons (Fsp3) is 0.379. The number of carbonyl (C=O) groups is 2. The summed E-state index contributed by atoms with van der Waals surface area (Å²) < 4.78 is 30.5. The van der Waals surface area contributed by atoms with Crippen molar-refractivity contribution >= 4 is 23.2 Å². The van der Waals surface area contributed by atoms with E-state index in [0.29, 0.717) is 35.9 Å². The van der Waals surface area contributed by atoms with Gasteiger partial charge >= 0.3 is 0 Å². The Morgan fingerprint density at radius 2 is 2.03 bits per heavy atom. The van der Waals surface area contributed by atoms with Gasteiger partial charge in [0.1, 0.15) is 24.7 Å². The Kier molecular flexibility index (Phi) is 7.83. The van der Waals surface area contributed by atoms with Gasteiger partial charge in [-0.05, 0) is 59.7 Å². The van der Waals surface area contributed by atoms with E-state index in [1.807, 2.05) is 11.4 Å². The lowest BCUT2D eigenvalue weighted by Crippen LogP contribution is -2.48. The molecule has 2 aromatic carbocycles. The zero-order valence-electron chi connectivity index (χ0n) is 21.5. The van der Waals surface area contributed by atoms with Crippen LogP contribution in [0.25, 0.3) is 0 Å². The highest BCUT2D eigenvalue weighted by Gasteiger charge is 2.34. The molecule has 0 unspecified atom stereocenters. The van der Waals surface area contributed by atoms with Gasteiger partial charge in [-0.25, -0.2) is 4.39 Å². The number of nitrogens with zero attached hydrogens (tertiary/aromatic N) is 2. The van der Waals surface area contributed by atoms with Gasteiger partial charge in [0.15, 0.2) is 11.5 Å². The molecule has 0 aliphatic carbocycles.